The minimum atomic E-state index is 0.776. The van der Waals surface area contributed by atoms with Gasteiger partial charge in [-0.2, -0.15) is 0 Å². The molecule has 4 saturated carbocycles. The Bertz CT molecular complexity index is 482. The zero-order valence-corrected chi connectivity index (χ0v) is 13.0. The second kappa shape index (κ2) is 5.03. The first-order chi connectivity index (χ1) is 9.69. The maximum atomic E-state index is 6.04. The summed E-state index contributed by atoms with van der Waals surface area (Å²) in [5.74, 6) is 4.04. The molecule has 0 unspecified atom stereocenters. The highest BCUT2D eigenvalue weighted by molar-refractivity contribution is 6.30. The molecule has 1 aromatic carbocycles. The molecule has 0 atom stereocenters. The first kappa shape index (κ1) is 13.2. The van der Waals surface area contributed by atoms with E-state index in [9.17, 15) is 0 Å². The summed E-state index contributed by atoms with van der Waals surface area (Å²) in [4.78, 5) is 0. The van der Waals surface area contributed by atoms with Gasteiger partial charge < -0.3 is 5.32 Å². The lowest BCUT2D eigenvalue weighted by Crippen LogP contribution is -2.54. The first-order valence-corrected chi connectivity index (χ1v) is 8.55. The fraction of sp³-hybridized carbons (Fsp3) is 0.667. The van der Waals surface area contributed by atoms with Gasteiger partial charge in [-0.25, -0.2) is 0 Å². The van der Waals surface area contributed by atoms with E-state index >= 15 is 0 Å². The van der Waals surface area contributed by atoms with Crippen molar-refractivity contribution < 1.29 is 0 Å². The fourth-order valence-electron chi connectivity index (χ4n) is 5.34. The predicted molar refractivity (Wildman–Crippen MR) is 83.9 cm³/mol. The lowest BCUT2D eigenvalue weighted by atomic mass is 9.54. The zero-order valence-electron chi connectivity index (χ0n) is 12.2. The molecule has 0 spiro atoms. The Morgan fingerprint density at radius 1 is 1.05 bits per heavy atom. The van der Waals surface area contributed by atoms with Gasteiger partial charge in [-0.1, -0.05) is 17.7 Å². The number of halogens is 1. The summed E-state index contributed by atoms with van der Waals surface area (Å²) in [6.45, 7) is 3.18. The van der Waals surface area contributed by atoms with Crippen LogP contribution in [0.15, 0.2) is 18.2 Å². The van der Waals surface area contributed by atoms with Gasteiger partial charge in [0.1, 0.15) is 0 Å². The minimum Gasteiger partial charge on any atom is -0.309 e. The van der Waals surface area contributed by atoms with Crippen molar-refractivity contribution in [3.05, 3.63) is 34.3 Å². The van der Waals surface area contributed by atoms with Crippen LogP contribution in [0.1, 0.15) is 43.2 Å². The Hall–Kier alpha value is -0.530. The largest absolute Gasteiger partial charge is 0.309 e. The molecule has 4 aliphatic carbocycles. The number of aryl methyl sites for hydroxylation is 1. The van der Waals surface area contributed by atoms with Crippen LogP contribution in [-0.2, 0) is 6.54 Å². The van der Waals surface area contributed by atoms with Crippen LogP contribution in [0, 0.1) is 30.6 Å². The topological polar surface area (TPSA) is 12.0 Å². The standard InChI is InChI=1S/C18H24ClN/c1-11-4-17(19)3-2-14(11)10-20-18-15-6-12-5-13(8-15)9-16(18)7-12/h2-4,12-13,15-16,18,20H,5-10H2,1H3. The third kappa shape index (κ3) is 2.29. The van der Waals surface area contributed by atoms with Crippen molar-refractivity contribution in [3.8, 4) is 0 Å². The molecule has 1 nitrogen and oxygen atoms in total. The normalized spacial score (nSPS) is 38.4. The summed E-state index contributed by atoms with van der Waals surface area (Å²) < 4.78 is 0. The molecule has 4 aliphatic rings. The maximum Gasteiger partial charge on any atom is 0.0408 e. The van der Waals surface area contributed by atoms with Crippen LogP contribution in [0.25, 0.3) is 0 Å². The average Bonchev–Trinajstić information content (AvgIpc) is 2.39. The van der Waals surface area contributed by atoms with E-state index in [-0.39, 0.29) is 0 Å². The maximum absolute atomic E-state index is 6.04. The molecule has 0 saturated heterocycles. The van der Waals surface area contributed by atoms with E-state index in [1.165, 1.54) is 43.2 Å². The molecule has 108 valence electrons. The Balaban J connectivity index is 1.44. The summed E-state index contributed by atoms with van der Waals surface area (Å²) >= 11 is 6.04. The van der Waals surface area contributed by atoms with Gasteiger partial charge in [0.25, 0.3) is 0 Å². The average molecular weight is 290 g/mol. The molecular weight excluding hydrogens is 266 g/mol. The van der Waals surface area contributed by atoms with E-state index in [0.717, 1.165) is 41.3 Å². The molecule has 1 N–H and O–H groups in total. The van der Waals surface area contributed by atoms with Gasteiger partial charge in [-0.05, 0) is 86.0 Å². The molecule has 2 heteroatoms. The van der Waals surface area contributed by atoms with Crippen LogP contribution in [0.2, 0.25) is 5.02 Å². The molecule has 4 fully saturated rings. The number of rotatable bonds is 3. The molecule has 0 amide bonds. The Morgan fingerprint density at radius 2 is 1.70 bits per heavy atom. The Labute approximate surface area is 127 Å². The lowest BCUT2D eigenvalue weighted by molar-refractivity contribution is -0.0142. The van der Waals surface area contributed by atoms with Crippen molar-refractivity contribution in [2.75, 3.05) is 0 Å². The second-order valence-electron chi connectivity index (χ2n) is 7.41. The van der Waals surface area contributed by atoms with Gasteiger partial charge in [-0.3, -0.25) is 0 Å². The highest BCUT2D eigenvalue weighted by Gasteiger charge is 2.47. The highest BCUT2D eigenvalue weighted by atomic mass is 35.5. The summed E-state index contributed by atoms with van der Waals surface area (Å²) in [6.07, 6.45) is 7.50. The highest BCUT2D eigenvalue weighted by Crippen LogP contribution is 2.53. The van der Waals surface area contributed by atoms with Crippen LogP contribution >= 0.6 is 11.6 Å². The molecule has 1 aromatic rings. The van der Waals surface area contributed by atoms with Crippen LogP contribution < -0.4 is 5.32 Å². The van der Waals surface area contributed by atoms with Crippen LogP contribution in [0.3, 0.4) is 0 Å². The van der Waals surface area contributed by atoms with Gasteiger partial charge >= 0.3 is 0 Å². The lowest BCUT2D eigenvalue weighted by Gasteiger charge is -2.54. The van der Waals surface area contributed by atoms with E-state index in [4.69, 9.17) is 11.6 Å². The summed E-state index contributed by atoms with van der Waals surface area (Å²) in [7, 11) is 0. The van der Waals surface area contributed by atoms with E-state index in [1.807, 2.05) is 6.07 Å². The monoisotopic (exact) mass is 289 g/mol. The van der Waals surface area contributed by atoms with Crippen molar-refractivity contribution in [2.45, 2.75) is 51.6 Å². The number of nitrogens with one attached hydrogen (secondary N) is 1. The van der Waals surface area contributed by atoms with E-state index in [2.05, 4.69) is 24.4 Å². The van der Waals surface area contributed by atoms with Crippen molar-refractivity contribution >= 4 is 11.6 Å². The van der Waals surface area contributed by atoms with E-state index < -0.39 is 0 Å². The van der Waals surface area contributed by atoms with Crippen molar-refractivity contribution in [1.82, 2.24) is 5.32 Å². The smallest absolute Gasteiger partial charge is 0.0408 e. The number of hydrogen-bond donors (Lipinski definition) is 1. The van der Waals surface area contributed by atoms with Crippen LogP contribution in [0.5, 0.6) is 0 Å². The molecule has 5 rings (SSSR count). The minimum absolute atomic E-state index is 0.776. The third-order valence-corrected chi connectivity index (χ3v) is 6.29. The summed E-state index contributed by atoms with van der Waals surface area (Å²) in [5, 5.41) is 4.75. The molecule has 0 aromatic heterocycles. The van der Waals surface area contributed by atoms with E-state index in [1.54, 1.807) is 0 Å². The summed E-state index contributed by atoms with van der Waals surface area (Å²) in [6, 6.07) is 7.05. The number of hydrogen-bond acceptors (Lipinski definition) is 1. The molecular formula is C18H24ClN. The van der Waals surface area contributed by atoms with Gasteiger partial charge in [0, 0.05) is 17.6 Å². The van der Waals surface area contributed by atoms with Gasteiger partial charge in [0.05, 0.1) is 0 Å². The van der Waals surface area contributed by atoms with Gasteiger partial charge in [0.15, 0.2) is 0 Å². The van der Waals surface area contributed by atoms with Crippen molar-refractivity contribution in [3.63, 3.8) is 0 Å². The number of benzene rings is 1. The molecule has 4 bridgehead atoms. The van der Waals surface area contributed by atoms with Gasteiger partial charge in [0.2, 0.25) is 0 Å². The van der Waals surface area contributed by atoms with Crippen molar-refractivity contribution in [1.29, 1.82) is 0 Å². The molecule has 0 aliphatic heterocycles. The second-order valence-corrected chi connectivity index (χ2v) is 7.84. The molecule has 0 radical (unpaired) electrons. The quantitative estimate of drug-likeness (QED) is 0.860. The van der Waals surface area contributed by atoms with Crippen LogP contribution in [0.4, 0.5) is 0 Å². The molecule has 0 heterocycles. The zero-order chi connectivity index (χ0) is 13.7. The molecule has 20 heavy (non-hydrogen) atoms. The Kier molecular flexibility index (Phi) is 3.31. The third-order valence-electron chi connectivity index (χ3n) is 6.06. The predicted octanol–water partition coefficient (Wildman–Crippen LogP) is 4.56. The summed E-state index contributed by atoms with van der Waals surface area (Å²) in [5.41, 5.74) is 2.72. The van der Waals surface area contributed by atoms with Crippen molar-refractivity contribution in [2.24, 2.45) is 23.7 Å². The SMILES string of the molecule is Cc1cc(Cl)ccc1CNC1C2CC3CC(C2)CC1C3. The van der Waals surface area contributed by atoms with Crippen LogP contribution in [-0.4, -0.2) is 6.04 Å². The fourth-order valence-corrected chi connectivity index (χ4v) is 5.57. The van der Waals surface area contributed by atoms with E-state index in [0.29, 0.717) is 0 Å². The first-order valence-electron chi connectivity index (χ1n) is 8.17. The Morgan fingerprint density at radius 3 is 2.30 bits per heavy atom. The van der Waals surface area contributed by atoms with Gasteiger partial charge in [-0.15, -0.1) is 0 Å².